The van der Waals surface area contributed by atoms with Crippen molar-refractivity contribution in [2.24, 2.45) is 0 Å². The Kier molecular flexibility index (Phi) is 4.88. The fraction of sp³-hybridized carbons (Fsp3) is 0.0833. The van der Waals surface area contributed by atoms with Gasteiger partial charge < -0.3 is 0 Å². The van der Waals surface area contributed by atoms with Crippen LogP contribution in [0.15, 0.2) is 30.5 Å². The second kappa shape index (κ2) is 6.28. The summed E-state index contributed by atoms with van der Waals surface area (Å²) >= 11 is 8.11. The number of alkyl halides is 3. The van der Waals surface area contributed by atoms with Gasteiger partial charge in [0.25, 0.3) is 0 Å². The van der Waals surface area contributed by atoms with Crippen LogP contribution in [0.1, 0.15) is 11.1 Å². The molecule has 0 aliphatic rings. The fourth-order valence-electron chi connectivity index (χ4n) is 1.46. The van der Waals surface area contributed by atoms with E-state index in [-0.39, 0.29) is 5.15 Å². The Morgan fingerprint density at radius 1 is 1.25 bits per heavy atom. The van der Waals surface area contributed by atoms with Crippen molar-refractivity contribution in [3.8, 4) is 16.9 Å². The van der Waals surface area contributed by atoms with E-state index in [4.69, 9.17) is 11.6 Å². The zero-order chi connectivity index (χ0) is 14.8. The lowest BCUT2D eigenvalue weighted by atomic mass is 10.2. The molecule has 0 bridgehead atoms. The molecule has 104 valence electrons. The minimum absolute atomic E-state index is 0.266. The van der Waals surface area contributed by atoms with Gasteiger partial charge in [-0.3, -0.25) is 0 Å². The quantitative estimate of drug-likeness (QED) is 0.473. The summed E-state index contributed by atoms with van der Waals surface area (Å²) in [7, 11) is 1.30. The second-order valence-corrected chi connectivity index (χ2v) is 5.65. The molecule has 1 aromatic heterocycles. The third-order valence-corrected chi connectivity index (χ3v) is 3.58. The molecule has 0 aliphatic carbocycles. The van der Waals surface area contributed by atoms with Crippen LogP contribution in [0.3, 0.4) is 0 Å². The molecule has 0 saturated carbocycles. The number of benzene rings is 1. The molecule has 2 aromatic rings. The van der Waals surface area contributed by atoms with Gasteiger partial charge in [0.05, 0.1) is 23.0 Å². The van der Waals surface area contributed by atoms with E-state index < -0.39 is 11.7 Å². The largest absolute Gasteiger partial charge is 0.416 e. The fourth-order valence-corrected chi connectivity index (χ4v) is 2.18. The summed E-state index contributed by atoms with van der Waals surface area (Å²) < 4.78 is 38.8. The van der Waals surface area contributed by atoms with Gasteiger partial charge in [-0.15, -0.1) is 0 Å². The van der Waals surface area contributed by atoms with Gasteiger partial charge in [0, 0.05) is 21.2 Å². The highest BCUT2D eigenvalue weighted by Gasteiger charge is 2.30. The van der Waals surface area contributed by atoms with Crippen molar-refractivity contribution in [2.45, 2.75) is 6.18 Å². The minimum Gasteiger partial charge on any atom is -0.221 e. The summed E-state index contributed by atoms with van der Waals surface area (Å²) in [5, 5.41) is 7.05. The maximum atomic E-state index is 12.5. The van der Waals surface area contributed by atoms with Gasteiger partial charge in [-0.2, -0.15) is 18.3 Å². The van der Waals surface area contributed by atoms with Crippen molar-refractivity contribution in [3.05, 3.63) is 46.7 Å². The van der Waals surface area contributed by atoms with Crippen LogP contribution >= 0.6 is 41.7 Å². The van der Waals surface area contributed by atoms with E-state index in [1.165, 1.54) is 31.9 Å². The lowest BCUT2D eigenvalue weighted by Gasteiger charge is -2.08. The van der Waals surface area contributed by atoms with E-state index in [2.05, 4.69) is 16.3 Å². The average molecular weight is 429 g/mol. The second-order valence-electron chi connectivity index (χ2n) is 3.61. The molecule has 1 heterocycles. The highest BCUT2D eigenvalue weighted by atomic mass is 127. The summed E-state index contributed by atoms with van der Waals surface area (Å²) in [5.74, 6) is 2.80. The Morgan fingerprint density at radius 3 is 2.45 bits per heavy atom. The van der Waals surface area contributed by atoms with Gasteiger partial charge in [-0.25, -0.2) is 4.68 Å². The molecule has 0 unspecified atom stereocenters. The van der Waals surface area contributed by atoms with Crippen LogP contribution in [0.5, 0.6) is 0 Å². The minimum atomic E-state index is -4.36. The molecule has 2 rings (SSSR count). The first-order valence-corrected chi connectivity index (χ1v) is 8.87. The first-order chi connectivity index (χ1) is 9.43. The van der Waals surface area contributed by atoms with Crippen LogP contribution in [0.2, 0.25) is 5.15 Å². The molecular weight excluding hydrogens is 424 g/mol. The van der Waals surface area contributed by atoms with Crippen LogP contribution in [0.4, 0.5) is 13.2 Å². The molecule has 20 heavy (non-hydrogen) atoms. The van der Waals surface area contributed by atoms with Crippen LogP contribution in [0, 0.1) is 11.2 Å². The van der Waals surface area contributed by atoms with Gasteiger partial charge >= 0.3 is 6.18 Å². The van der Waals surface area contributed by atoms with Gasteiger partial charge in [0.1, 0.15) is 5.15 Å². The summed E-state index contributed by atoms with van der Waals surface area (Å²) in [6.45, 7) is 0. The number of rotatable bonds is 1. The van der Waals surface area contributed by atoms with Gasteiger partial charge in [0.15, 0.2) is 0 Å². The van der Waals surface area contributed by atoms with Gasteiger partial charge in [-0.05, 0) is 44.4 Å². The summed E-state index contributed by atoms with van der Waals surface area (Å²) in [4.78, 5) is 0. The standard InChI is InChI=1S/C12H5ClF3IN2S/c13-11-8(5-6-20-17)7-18-19(11)10-3-1-9(2-4-10)12(14,15)16/h1-4,7H. The van der Waals surface area contributed by atoms with E-state index in [1.807, 2.05) is 21.2 Å². The monoisotopic (exact) mass is 428 g/mol. The highest BCUT2D eigenvalue weighted by Crippen LogP contribution is 2.30. The van der Waals surface area contributed by atoms with E-state index in [0.717, 1.165) is 12.1 Å². The number of halogens is 5. The molecular formula is C12H5ClF3IN2S. The number of hydrogen-bond donors (Lipinski definition) is 0. The van der Waals surface area contributed by atoms with E-state index in [9.17, 15) is 13.2 Å². The lowest BCUT2D eigenvalue weighted by Crippen LogP contribution is -2.05. The third-order valence-electron chi connectivity index (χ3n) is 2.37. The van der Waals surface area contributed by atoms with Crippen molar-refractivity contribution >= 4 is 41.7 Å². The van der Waals surface area contributed by atoms with Crippen LogP contribution in [-0.4, -0.2) is 9.78 Å². The molecule has 0 amide bonds. The van der Waals surface area contributed by atoms with Gasteiger partial charge in [0.2, 0.25) is 0 Å². The number of hydrogen-bond acceptors (Lipinski definition) is 2. The van der Waals surface area contributed by atoms with E-state index >= 15 is 0 Å². The summed E-state index contributed by atoms with van der Waals surface area (Å²) in [5.41, 5.74) is 0.250. The topological polar surface area (TPSA) is 17.8 Å². The maximum absolute atomic E-state index is 12.5. The Bertz CT molecular complexity index is 671. The zero-order valence-electron chi connectivity index (χ0n) is 9.58. The zero-order valence-corrected chi connectivity index (χ0v) is 13.3. The first-order valence-electron chi connectivity index (χ1n) is 5.13. The van der Waals surface area contributed by atoms with E-state index in [1.54, 1.807) is 0 Å². The number of aromatic nitrogens is 2. The highest BCUT2D eigenvalue weighted by molar-refractivity contribution is 14.2. The molecule has 0 radical (unpaired) electrons. The number of nitrogens with zero attached hydrogens (tertiary/aromatic N) is 2. The molecule has 0 N–H and O–H groups in total. The van der Waals surface area contributed by atoms with E-state index in [0.29, 0.717) is 11.3 Å². The molecule has 1 aromatic carbocycles. The first kappa shape index (κ1) is 15.5. The third kappa shape index (κ3) is 3.42. The molecule has 8 heteroatoms. The molecule has 0 fully saturated rings. The van der Waals surface area contributed by atoms with Crippen LogP contribution < -0.4 is 0 Å². The van der Waals surface area contributed by atoms with Crippen molar-refractivity contribution < 1.29 is 13.2 Å². The molecule has 2 nitrogen and oxygen atoms in total. The normalized spacial score (nSPS) is 11.1. The molecule has 0 spiro atoms. The van der Waals surface area contributed by atoms with Crippen LogP contribution in [-0.2, 0) is 6.18 Å². The Hall–Kier alpha value is -0.850. The predicted octanol–water partition coefficient (Wildman–Crippen LogP) is 4.94. The smallest absolute Gasteiger partial charge is 0.221 e. The lowest BCUT2D eigenvalue weighted by molar-refractivity contribution is -0.137. The molecule has 0 atom stereocenters. The van der Waals surface area contributed by atoms with Crippen LogP contribution in [0.25, 0.3) is 5.69 Å². The Morgan fingerprint density at radius 2 is 1.90 bits per heavy atom. The Labute approximate surface area is 134 Å². The average Bonchev–Trinajstić information content (AvgIpc) is 2.77. The Balaban J connectivity index is 2.35. The molecule has 0 aliphatic heterocycles. The van der Waals surface area contributed by atoms with Crippen molar-refractivity contribution in [2.75, 3.05) is 0 Å². The maximum Gasteiger partial charge on any atom is 0.416 e. The molecule has 0 saturated heterocycles. The van der Waals surface area contributed by atoms with Crippen molar-refractivity contribution in [3.63, 3.8) is 0 Å². The van der Waals surface area contributed by atoms with Crippen molar-refractivity contribution in [1.29, 1.82) is 0 Å². The predicted molar refractivity (Wildman–Crippen MR) is 82.1 cm³/mol. The summed E-state index contributed by atoms with van der Waals surface area (Å²) in [6, 6.07) is 4.59. The van der Waals surface area contributed by atoms with Crippen molar-refractivity contribution in [1.82, 2.24) is 9.78 Å². The van der Waals surface area contributed by atoms with Gasteiger partial charge in [-0.1, -0.05) is 11.6 Å². The summed E-state index contributed by atoms with van der Waals surface area (Å²) in [6.07, 6.45) is -2.89. The SMILES string of the molecule is FC(F)(F)c1ccc(-n2ncc(C#CSI)c2Cl)cc1.